The molecule has 0 aliphatic rings. The van der Waals surface area contributed by atoms with Crippen molar-refractivity contribution < 1.29 is 27.5 Å². The summed E-state index contributed by atoms with van der Waals surface area (Å²) in [4.78, 5) is 23.6. The van der Waals surface area contributed by atoms with Crippen molar-refractivity contribution in [2.75, 3.05) is 11.3 Å². The summed E-state index contributed by atoms with van der Waals surface area (Å²) in [7, 11) is -3.93. The number of carbonyl (C=O) groups excluding carboxylic acids is 2. The number of benzene rings is 2. The van der Waals surface area contributed by atoms with Crippen LogP contribution in [-0.4, -0.2) is 32.9 Å². The first-order valence-corrected chi connectivity index (χ1v) is 9.79. The summed E-state index contributed by atoms with van der Waals surface area (Å²) in [6, 6.07) is 11.9. The summed E-state index contributed by atoms with van der Waals surface area (Å²) < 4.78 is 38.0. The highest BCUT2D eigenvalue weighted by Gasteiger charge is 2.21. The Labute approximate surface area is 158 Å². The first-order valence-electron chi connectivity index (χ1n) is 8.30. The molecule has 0 aromatic heterocycles. The molecule has 1 atom stereocenters. The fraction of sp³-hybridized carbons (Fsp3) is 0.263. The third-order valence-corrected chi connectivity index (χ3v) is 5.07. The second kappa shape index (κ2) is 8.68. The molecule has 0 bridgehead atoms. The molecule has 27 heavy (non-hydrogen) atoms. The van der Waals surface area contributed by atoms with Crippen LogP contribution < -0.4 is 9.46 Å². The van der Waals surface area contributed by atoms with E-state index in [1.807, 2.05) is 6.92 Å². The van der Waals surface area contributed by atoms with Gasteiger partial charge in [0.25, 0.3) is 10.0 Å². The van der Waals surface area contributed by atoms with E-state index in [4.69, 9.17) is 9.47 Å². The average Bonchev–Trinajstić information content (AvgIpc) is 2.62. The smallest absolute Gasteiger partial charge is 0.340 e. The summed E-state index contributed by atoms with van der Waals surface area (Å²) in [6.07, 6.45) is -0.923. The molecule has 7 nitrogen and oxygen atoms in total. The molecule has 2 rings (SSSR count). The number of Topliss-reactive ketones (excluding diaryl/α,β-unsaturated/α-hetero) is 1. The molecule has 0 spiro atoms. The molecule has 0 aliphatic heterocycles. The summed E-state index contributed by atoms with van der Waals surface area (Å²) in [5.41, 5.74) is 0.0762. The van der Waals surface area contributed by atoms with Gasteiger partial charge in [-0.1, -0.05) is 12.1 Å². The van der Waals surface area contributed by atoms with Crippen LogP contribution in [0.25, 0.3) is 0 Å². The average molecular weight is 391 g/mol. The van der Waals surface area contributed by atoms with E-state index >= 15 is 0 Å². The fourth-order valence-electron chi connectivity index (χ4n) is 2.14. The van der Waals surface area contributed by atoms with Crippen LogP contribution in [0.15, 0.2) is 53.4 Å². The third kappa shape index (κ3) is 5.30. The quantitative estimate of drug-likeness (QED) is 0.695. The van der Waals surface area contributed by atoms with E-state index in [-0.39, 0.29) is 21.9 Å². The van der Waals surface area contributed by atoms with E-state index in [9.17, 15) is 18.0 Å². The van der Waals surface area contributed by atoms with Gasteiger partial charge in [0.1, 0.15) is 5.75 Å². The number of carbonyl (C=O) groups is 2. The molecule has 144 valence electrons. The molecule has 0 heterocycles. The molecule has 1 N–H and O–H groups in total. The number of nitrogens with one attached hydrogen (secondary N) is 1. The molecule has 8 heteroatoms. The molecule has 2 aromatic carbocycles. The zero-order valence-electron chi connectivity index (χ0n) is 15.3. The minimum absolute atomic E-state index is 0.0140. The maximum absolute atomic E-state index is 12.6. The van der Waals surface area contributed by atoms with Gasteiger partial charge >= 0.3 is 5.97 Å². The lowest BCUT2D eigenvalue weighted by Gasteiger charge is -2.14. The SMILES string of the molecule is CCOc1ccc(S(=O)(=O)Nc2ccccc2C(=O)O[C@@H](C)C(C)=O)cc1. The second-order valence-corrected chi connectivity index (χ2v) is 7.40. The molecule has 0 aliphatic carbocycles. The van der Waals surface area contributed by atoms with E-state index in [1.165, 1.54) is 38.1 Å². The number of para-hydroxylation sites is 1. The Morgan fingerprint density at radius 2 is 1.70 bits per heavy atom. The van der Waals surface area contributed by atoms with Gasteiger partial charge in [-0.25, -0.2) is 13.2 Å². The Kier molecular flexibility index (Phi) is 6.57. The lowest BCUT2D eigenvalue weighted by molar-refractivity contribution is -0.124. The van der Waals surface area contributed by atoms with Crippen LogP contribution >= 0.6 is 0 Å². The van der Waals surface area contributed by atoms with Crippen molar-refractivity contribution in [1.82, 2.24) is 0 Å². The highest BCUT2D eigenvalue weighted by molar-refractivity contribution is 7.92. The molecule has 0 radical (unpaired) electrons. The molecule has 2 aromatic rings. The van der Waals surface area contributed by atoms with E-state index in [0.29, 0.717) is 12.4 Å². The fourth-order valence-corrected chi connectivity index (χ4v) is 3.22. The van der Waals surface area contributed by atoms with Crippen molar-refractivity contribution in [2.45, 2.75) is 31.8 Å². The van der Waals surface area contributed by atoms with Crippen molar-refractivity contribution in [3.8, 4) is 5.75 Å². The van der Waals surface area contributed by atoms with Gasteiger partial charge in [0, 0.05) is 0 Å². The number of sulfonamides is 1. The van der Waals surface area contributed by atoms with Crippen molar-refractivity contribution in [1.29, 1.82) is 0 Å². The van der Waals surface area contributed by atoms with Gasteiger partial charge in [0.15, 0.2) is 11.9 Å². The van der Waals surface area contributed by atoms with Crippen LogP contribution in [0.4, 0.5) is 5.69 Å². The number of rotatable bonds is 8. The van der Waals surface area contributed by atoms with Gasteiger partial charge in [-0.15, -0.1) is 0 Å². The van der Waals surface area contributed by atoms with Crippen molar-refractivity contribution in [3.05, 3.63) is 54.1 Å². The number of hydrogen-bond donors (Lipinski definition) is 1. The largest absolute Gasteiger partial charge is 0.494 e. The van der Waals surface area contributed by atoms with Crippen LogP contribution in [0.2, 0.25) is 0 Å². The molecule has 0 unspecified atom stereocenters. The minimum atomic E-state index is -3.93. The zero-order chi connectivity index (χ0) is 20.0. The molecular formula is C19H21NO6S. The zero-order valence-corrected chi connectivity index (χ0v) is 16.1. The van der Waals surface area contributed by atoms with Gasteiger partial charge < -0.3 is 9.47 Å². The first-order chi connectivity index (χ1) is 12.7. The Morgan fingerprint density at radius 1 is 1.07 bits per heavy atom. The summed E-state index contributed by atoms with van der Waals surface area (Å²) in [6.45, 7) is 5.05. The normalized spacial score (nSPS) is 12.1. The van der Waals surface area contributed by atoms with Crippen LogP contribution in [-0.2, 0) is 19.6 Å². The Balaban J connectivity index is 2.26. The lowest BCUT2D eigenvalue weighted by Crippen LogP contribution is -2.23. The van der Waals surface area contributed by atoms with Gasteiger partial charge in [-0.2, -0.15) is 0 Å². The minimum Gasteiger partial charge on any atom is -0.494 e. The predicted molar refractivity (Wildman–Crippen MR) is 100 cm³/mol. The van der Waals surface area contributed by atoms with Crippen molar-refractivity contribution in [3.63, 3.8) is 0 Å². The third-order valence-electron chi connectivity index (χ3n) is 3.69. The molecule has 0 saturated carbocycles. The van der Waals surface area contributed by atoms with Gasteiger partial charge in [0.05, 0.1) is 22.8 Å². The van der Waals surface area contributed by atoms with Crippen molar-refractivity contribution >= 4 is 27.5 Å². The Bertz CT molecular complexity index is 921. The lowest BCUT2D eigenvalue weighted by atomic mass is 10.2. The summed E-state index contributed by atoms with van der Waals surface area (Å²) in [5, 5.41) is 0. The van der Waals surface area contributed by atoms with Crippen LogP contribution in [0, 0.1) is 0 Å². The number of esters is 1. The number of hydrogen-bond acceptors (Lipinski definition) is 6. The van der Waals surface area contributed by atoms with Gasteiger partial charge in [-0.05, 0) is 57.2 Å². The van der Waals surface area contributed by atoms with E-state index in [2.05, 4.69) is 4.72 Å². The van der Waals surface area contributed by atoms with Crippen LogP contribution in [0.5, 0.6) is 5.75 Å². The number of ketones is 1. The maximum Gasteiger partial charge on any atom is 0.340 e. The molecule has 0 fully saturated rings. The Morgan fingerprint density at radius 3 is 2.30 bits per heavy atom. The van der Waals surface area contributed by atoms with Crippen LogP contribution in [0.3, 0.4) is 0 Å². The van der Waals surface area contributed by atoms with E-state index in [0.717, 1.165) is 0 Å². The predicted octanol–water partition coefficient (Wildman–Crippen LogP) is 3.02. The highest BCUT2D eigenvalue weighted by atomic mass is 32.2. The Hall–Kier alpha value is -2.87. The molecule has 0 amide bonds. The van der Waals surface area contributed by atoms with Crippen LogP contribution in [0.1, 0.15) is 31.1 Å². The standard InChI is InChI=1S/C19H21NO6S/c1-4-25-15-9-11-16(12-10-15)27(23,24)20-18-8-6-5-7-17(18)19(22)26-14(3)13(2)21/h5-12,14,20H,4H2,1-3H3/t14-/m0/s1. The number of anilines is 1. The van der Waals surface area contributed by atoms with E-state index < -0.39 is 22.1 Å². The first kappa shape index (κ1) is 20.4. The van der Waals surface area contributed by atoms with Gasteiger partial charge in [-0.3, -0.25) is 9.52 Å². The maximum atomic E-state index is 12.6. The molecular weight excluding hydrogens is 370 g/mol. The van der Waals surface area contributed by atoms with Gasteiger partial charge in [0.2, 0.25) is 0 Å². The topological polar surface area (TPSA) is 98.8 Å². The second-order valence-electron chi connectivity index (χ2n) is 5.71. The summed E-state index contributed by atoms with van der Waals surface area (Å²) >= 11 is 0. The monoisotopic (exact) mass is 391 g/mol. The number of ether oxygens (including phenoxy) is 2. The van der Waals surface area contributed by atoms with Crippen molar-refractivity contribution in [2.24, 2.45) is 0 Å². The summed E-state index contributed by atoms with van der Waals surface area (Å²) in [5.74, 6) is -0.544. The highest BCUT2D eigenvalue weighted by Crippen LogP contribution is 2.23. The molecule has 0 saturated heterocycles. The van der Waals surface area contributed by atoms with E-state index in [1.54, 1.807) is 24.3 Å².